The number of amides is 1. The zero-order chi connectivity index (χ0) is 23.8. The van der Waals surface area contributed by atoms with Gasteiger partial charge in [0.05, 0.1) is 31.1 Å². The summed E-state index contributed by atoms with van der Waals surface area (Å²) in [5.74, 6) is -0.921. The Morgan fingerprint density at radius 1 is 0.971 bits per heavy atom. The third-order valence-electron chi connectivity index (χ3n) is 5.82. The molecule has 0 unspecified atom stereocenters. The average Bonchev–Trinajstić information content (AvgIpc) is 3.27. The molecule has 2 heterocycles. The minimum Gasteiger partial charge on any atom is -0.502 e. The van der Waals surface area contributed by atoms with E-state index in [1.807, 2.05) is 6.07 Å². The lowest BCUT2D eigenvalue weighted by molar-refractivity contribution is -0.122. The third-order valence-corrected chi connectivity index (χ3v) is 5.82. The number of hydrogen-bond donors (Lipinski definition) is 2. The van der Waals surface area contributed by atoms with Gasteiger partial charge in [-0.2, -0.15) is 0 Å². The highest BCUT2D eigenvalue weighted by Crippen LogP contribution is 2.48. The molecule has 0 radical (unpaired) electrons. The lowest BCUT2D eigenvalue weighted by Gasteiger charge is -2.20. The average molecular weight is 459 g/mol. The summed E-state index contributed by atoms with van der Waals surface area (Å²) in [6.07, 6.45) is -1.09. The van der Waals surface area contributed by atoms with Crippen LogP contribution < -0.4 is 25.2 Å². The number of benzene rings is 3. The lowest BCUT2D eigenvalue weighted by Crippen LogP contribution is -2.35. The number of fused-ring (bicyclic) bond motifs is 3. The fourth-order valence-electron chi connectivity index (χ4n) is 4.25. The maximum Gasteiger partial charge on any atom is 0.344 e. The molecule has 4 aromatic rings. The van der Waals surface area contributed by atoms with Gasteiger partial charge in [0, 0.05) is 5.69 Å². The number of phenolic OH excluding ortho intramolecular Hbond substituents is 1. The predicted octanol–water partition coefficient (Wildman–Crippen LogP) is 4.05. The number of anilines is 1. The van der Waals surface area contributed by atoms with Crippen molar-refractivity contribution in [3.8, 4) is 23.0 Å². The molecular weight excluding hydrogens is 438 g/mol. The van der Waals surface area contributed by atoms with Crippen LogP contribution in [-0.2, 0) is 4.79 Å². The van der Waals surface area contributed by atoms with Crippen LogP contribution in [0.4, 0.5) is 5.69 Å². The van der Waals surface area contributed by atoms with Crippen LogP contribution in [0.3, 0.4) is 0 Å². The van der Waals surface area contributed by atoms with Gasteiger partial charge in [-0.1, -0.05) is 30.3 Å². The van der Waals surface area contributed by atoms with Crippen LogP contribution in [0.1, 0.15) is 17.0 Å². The van der Waals surface area contributed by atoms with Gasteiger partial charge in [0.1, 0.15) is 11.3 Å². The van der Waals surface area contributed by atoms with Crippen molar-refractivity contribution >= 4 is 22.6 Å². The Kier molecular flexibility index (Phi) is 5.33. The summed E-state index contributed by atoms with van der Waals surface area (Å²) in [7, 11) is 2.80. The number of aromatic hydroxyl groups is 1. The van der Waals surface area contributed by atoms with Crippen molar-refractivity contribution in [2.24, 2.45) is 0 Å². The second kappa shape index (κ2) is 8.47. The van der Waals surface area contributed by atoms with Crippen LogP contribution in [0.25, 0.3) is 11.0 Å². The van der Waals surface area contributed by atoms with Gasteiger partial charge < -0.3 is 29.1 Å². The predicted molar refractivity (Wildman–Crippen MR) is 125 cm³/mol. The van der Waals surface area contributed by atoms with E-state index in [1.54, 1.807) is 60.7 Å². The maximum absolute atomic E-state index is 13.4. The number of nitrogens with one attached hydrogen (secondary N) is 1. The molecule has 1 aromatic heterocycles. The maximum atomic E-state index is 13.4. The number of carbonyl (C=O) groups excluding carboxylic acids is 1. The van der Waals surface area contributed by atoms with Crippen LogP contribution in [-0.4, -0.2) is 31.3 Å². The molecule has 0 spiro atoms. The zero-order valence-electron chi connectivity index (χ0n) is 18.4. The first-order chi connectivity index (χ1) is 16.5. The van der Waals surface area contributed by atoms with Gasteiger partial charge in [-0.3, -0.25) is 4.79 Å². The summed E-state index contributed by atoms with van der Waals surface area (Å²) in [4.78, 5) is 26.5. The number of hydrogen-bond acceptors (Lipinski definition) is 7. The van der Waals surface area contributed by atoms with Crippen molar-refractivity contribution in [1.82, 2.24) is 0 Å². The van der Waals surface area contributed by atoms with Crippen LogP contribution in [0, 0.1) is 0 Å². The quantitative estimate of drug-likeness (QED) is 0.434. The van der Waals surface area contributed by atoms with E-state index in [9.17, 15) is 14.7 Å². The van der Waals surface area contributed by atoms with Gasteiger partial charge in [0.2, 0.25) is 5.75 Å². The number of ether oxygens (including phenoxy) is 3. The van der Waals surface area contributed by atoms with Crippen molar-refractivity contribution in [1.29, 1.82) is 0 Å². The number of para-hydroxylation sites is 2. The van der Waals surface area contributed by atoms with Gasteiger partial charge in [-0.25, -0.2) is 4.79 Å². The van der Waals surface area contributed by atoms with Crippen molar-refractivity contribution in [2.45, 2.75) is 12.0 Å². The lowest BCUT2D eigenvalue weighted by atomic mass is 9.87. The van der Waals surface area contributed by atoms with Crippen molar-refractivity contribution in [3.05, 3.63) is 88.3 Å². The molecule has 0 saturated carbocycles. The standard InChI is InChI=1S/C26H21NO7/c1-31-18-12-14(13-19(32-2)22(18)28)20-21-23(16-10-6-7-11-17(16)33-26(21)30)34-24(20)25(29)27-15-8-4-3-5-9-15/h3-13,20,24,28H,1-2H3,(H,27,29)/t20-,24-/m0/s1. The van der Waals surface area contributed by atoms with E-state index in [-0.39, 0.29) is 28.6 Å². The van der Waals surface area contributed by atoms with Crippen molar-refractivity contribution < 1.29 is 28.5 Å². The number of carbonyl (C=O) groups is 1. The highest BCUT2D eigenvalue weighted by atomic mass is 16.5. The Morgan fingerprint density at radius 2 is 1.62 bits per heavy atom. The van der Waals surface area contributed by atoms with Gasteiger partial charge >= 0.3 is 5.63 Å². The molecule has 2 atom stereocenters. The number of rotatable bonds is 5. The first-order valence-electron chi connectivity index (χ1n) is 10.5. The SMILES string of the molecule is COc1cc([C@H]2c3c(c4ccccc4oc3=O)O[C@@H]2C(=O)Nc2ccccc2)cc(OC)c1O. The fraction of sp³-hybridized carbons (Fsp3) is 0.154. The van der Waals surface area contributed by atoms with Crippen molar-refractivity contribution in [3.63, 3.8) is 0 Å². The van der Waals surface area contributed by atoms with E-state index >= 15 is 0 Å². The van der Waals surface area contributed by atoms with E-state index in [2.05, 4.69) is 5.32 Å². The summed E-state index contributed by atoms with van der Waals surface area (Å²) in [5.41, 5.74) is 1.03. The topological polar surface area (TPSA) is 107 Å². The second-order valence-corrected chi connectivity index (χ2v) is 7.77. The van der Waals surface area contributed by atoms with Crippen LogP contribution in [0.2, 0.25) is 0 Å². The molecule has 1 amide bonds. The van der Waals surface area contributed by atoms with E-state index in [0.717, 1.165) is 0 Å². The summed E-state index contributed by atoms with van der Waals surface area (Å²) in [6, 6.07) is 19.0. The van der Waals surface area contributed by atoms with Crippen LogP contribution >= 0.6 is 0 Å². The molecule has 3 aromatic carbocycles. The van der Waals surface area contributed by atoms with Crippen LogP contribution in [0.15, 0.2) is 75.9 Å². The normalized spacial score (nSPS) is 16.5. The largest absolute Gasteiger partial charge is 0.502 e. The van der Waals surface area contributed by atoms with E-state index < -0.39 is 23.6 Å². The molecule has 8 nitrogen and oxygen atoms in total. The van der Waals surface area contributed by atoms with Gasteiger partial charge in [0.25, 0.3) is 5.91 Å². The Hall–Kier alpha value is -4.46. The Bertz CT molecular complexity index is 1420. The first-order valence-corrected chi connectivity index (χ1v) is 10.5. The zero-order valence-corrected chi connectivity index (χ0v) is 18.4. The Morgan fingerprint density at radius 3 is 2.29 bits per heavy atom. The van der Waals surface area contributed by atoms with Crippen LogP contribution in [0.5, 0.6) is 23.0 Å². The van der Waals surface area contributed by atoms with Crippen molar-refractivity contribution in [2.75, 3.05) is 19.5 Å². The molecule has 172 valence electrons. The summed E-state index contributed by atoms with van der Waals surface area (Å²) < 4.78 is 22.3. The third kappa shape index (κ3) is 3.49. The van der Waals surface area contributed by atoms with Gasteiger partial charge in [-0.15, -0.1) is 0 Å². The molecule has 5 rings (SSSR count). The Balaban J connectivity index is 1.70. The summed E-state index contributed by atoms with van der Waals surface area (Å²) in [5, 5.41) is 13.8. The molecule has 0 bridgehead atoms. The van der Waals surface area contributed by atoms with Gasteiger partial charge in [-0.05, 0) is 42.0 Å². The molecule has 2 N–H and O–H groups in total. The minimum atomic E-state index is -1.09. The molecular formula is C26H21NO7. The highest BCUT2D eigenvalue weighted by Gasteiger charge is 2.44. The first kappa shape index (κ1) is 21.4. The number of phenols is 1. The van der Waals surface area contributed by atoms with E-state index in [0.29, 0.717) is 22.2 Å². The summed E-state index contributed by atoms with van der Waals surface area (Å²) >= 11 is 0. The molecule has 34 heavy (non-hydrogen) atoms. The summed E-state index contributed by atoms with van der Waals surface area (Å²) in [6.45, 7) is 0. The van der Waals surface area contributed by atoms with Gasteiger partial charge in [0.15, 0.2) is 17.6 Å². The van der Waals surface area contributed by atoms with E-state index in [4.69, 9.17) is 18.6 Å². The minimum absolute atomic E-state index is 0.134. The fourth-order valence-corrected chi connectivity index (χ4v) is 4.25. The highest BCUT2D eigenvalue weighted by molar-refractivity contribution is 5.97. The van der Waals surface area contributed by atoms with E-state index in [1.165, 1.54) is 14.2 Å². The monoisotopic (exact) mass is 459 g/mol. The molecule has 0 aliphatic carbocycles. The molecule has 0 saturated heterocycles. The molecule has 1 aliphatic rings. The smallest absolute Gasteiger partial charge is 0.344 e. The Labute approximate surface area is 194 Å². The number of methoxy groups -OCH3 is 2. The molecule has 1 aliphatic heterocycles. The second-order valence-electron chi connectivity index (χ2n) is 7.77. The molecule has 8 heteroatoms. The molecule has 0 fully saturated rings.